The van der Waals surface area contributed by atoms with Gasteiger partial charge in [0, 0.05) is 32.9 Å². The Balaban J connectivity index is 1.55. The van der Waals surface area contributed by atoms with Crippen LogP contribution in [0.15, 0.2) is 30.7 Å². The number of hydrogen-bond acceptors (Lipinski definition) is 8. The van der Waals surface area contributed by atoms with E-state index in [1.165, 1.54) is 11.5 Å². The van der Waals surface area contributed by atoms with Crippen LogP contribution >= 0.6 is 11.5 Å². The molecule has 10 nitrogen and oxygen atoms in total. The average molecular weight is 453 g/mol. The Morgan fingerprint density at radius 1 is 1.34 bits per heavy atom. The summed E-state index contributed by atoms with van der Waals surface area (Å²) >= 11 is 1.36. The summed E-state index contributed by atoms with van der Waals surface area (Å²) in [6, 6.07) is 3.88. The second kappa shape index (κ2) is 8.23. The summed E-state index contributed by atoms with van der Waals surface area (Å²) < 4.78 is 14.4. The minimum Gasteiger partial charge on any atom is -0.471 e. The number of likely N-dealkylation sites (tertiary alicyclic amines) is 1. The van der Waals surface area contributed by atoms with Gasteiger partial charge in [-0.15, -0.1) is 0 Å². The molecule has 1 N–H and O–H groups in total. The smallest absolute Gasteiger partial charge is 0.244 e. The number of carbonyl (C=O) groups excluding carboxylic acids is 1. The van der Waals surface area contributed by atoms with Crippen LogP contribution in [0.5, 0.6) is 5.88 Å². The van der Waals surface area contributed by atoms with Crippen LogP contribution in [-0.4, -0.2) is 58.7 Å². The zero-order chi connectivity index (χ0) is 22.2. The number of nitrogens with one attached hydrogen (secondary N) is 1. The largest absolute Gasteiger partial charge is 0.471 e. The fourth-order valence-corrected chi connectivity index (χ4v) is 4.57. The van der Waals surface area contributed by atoms with Crippen molar-refractivity contribution in [3.8, 4) is 11.6 Å². The van der Waals surface area contributed by atoms with Crippen LogP contribution in [-0.2, 0) is 11.8 Å². The van der Waals surface area contributed by atoms with E-state index in [-0.39, 0.29) is 12.0 Å². The second-order valence-corrected chi connectivity index (χ2v) is 8.75. The van der Waals surface area contributed by atoms with Crippen molar-refractivity contribution >= 4 is 39.4 Å². The molecule has 166 valence electrons. The van der Waals surface area contributed by atoms with Gasteiger partial charge < -0.3 is 19.5 Å². The average Bonchev–Trinajstić information content (AvgIpc) is 3.48. The minimum atomic E-state index is -0.138. The number of ether oxygens (including phenoxy) is 1. The first-order valence-electron chi connectivity index (χ1n) is 10.5. The van der Waals surface area contributed by atoms with Crippen LogP contribution in [0.4, 0.5) is 10.9 Å². The van der Waals surface area contributed by atoms with E-state index in [1.54, 1.807) is 17.8 Å². The van der Waals surface area contributed by atoms with E-state index in [0.29, 0.717) is 18.4 Å². The number of nitrogens with zero attached hydrogens (tertiary/aromatic N) is 7. The number of amides is 1. The number of aromatic nitrogens is 6. The molecule has 1 saturated heterocycles. The quantitative estimate of drug-likeness (QED) is 0.496. The molecule has 1 fully saturated rings. The molecular formula is C21H24N8O2S. The lowest BCUT2D eigenvalue weighted by Gasteiger charge is -2.32. The predicted octanol–water partition coefficient (Wildman–Crippen LogP) is 3.05. The number of hydrogen-bond donors (Lipinski definition) is 1. The Labute approximate surface area is 189 Å². The van der Waals surface area contributed by atoms with E-state index in [0.717, 1.165) is 46.8 Å². The summed E-state index contributed by atoms with van der Waals surface area (Å²) in [5, 5.41) is 8.38. The van der Waals surface area contributed by atoms with Gasteiger partial charge in [0.05, 0.1) is 29.6 Å². The van der Waals surface area contributed by atoms with Crippen molar-refractivity contribution in [1.29, 1.82) is 0 Å². The summed E-state index contributed by atoms with van der Waals surface area (Å²) in [4.78, 5) is 23.1. The highest BCUT2D eigenvalue weighted by atomic mass is 32.1. The maximum absolute atomic E-state index is 11.9. The zero-order valence-electron chi connectivity index (χ0n) is 18.1. The molecule has 1 aliphatic heterocycles. The summed E-state index contributed by atoms with van der Waals surface area (Å²) in [6.07, 6.45) is 7.27. The van der Waals surface area contributed by atoms with E-state index in [2.05, 4.69) is 14.8 Å². The molecule has 1 unspecified atom stereocenters. The van der Waals surface area contributed by atoms with Crippen LogP contribution in [0.2, 0.25) is 0 Å². The Morgan fingerprint density at radius 2 is 2.22 bits per heavy atom. The standard InChI is InChI=1S/C21H24N8O2S/c1-13-9-18(32-26-13)24-21-23-17-6-8-29(15-10-22-27(3)11-15)19(17)20(25-21)31-16-5-4-7-28(12-16)14(2)30/h6,8-11,16H,4-5,7,12H2,1-3H3,(H,23,24,25). The Morgan fingerprint density at radius 3 is 2.94 bits per heavy atom. The number of aryl methyl sites for hydroxylation is 2. The van der Waals surface area contributed by atoms with Gasteiger partial charge in [-0.3, -0.25) is 9.48 Å². The van der Waals surface area contributed by atoms with Gasteiger partial charge in [-0.25, -0.2) is 4.98 Å². The minimum absolute atomic E-state index is 0.0628. The van der Waals surface area contributed by atoms with Gasteiger partial charge in [-0.2, -0.15) is 14.5 Å². The fraction of sp³-hybridized carbons (Fsp3) is 0.381. The number of rotatable bonds is 5. The molecule has 0 saturated carbocycles. The van der Waals surface area contributed by atoms with E-state index >= 15 is 0 Å². The number of anilines is 2. The van der Waals surface area contributed by atoms with Crippen LogP contribution in [0.1, 0.15) is 25.5 Å². The number of fused-ring (bicyclic) bond motifs is 1. The van der Waals surface area contributed by atoms with Gasteiger partial charge in [0.1, 0.15) is 16.6 Å². The molecule has 0 aliphatic carbocycles. The first-order chi connectivity index (χ1) is 15.5. The van der Waals surface area contributed by atoms with Crippen molar-refractivity contribution in [2.45, 2.75) is 32.8 Å². The molecule has 0 bridgehead atoms. The zero-order valence-corrected chi connectivity index (χ0v) is 19.0. The van der Waals surface area contributed by atoms with Crippen molar-refractivity contribution in [1.82, 2.24) is 33.6 Å². The summed E-state index contributed by atoms with van der Waals surface area (Å²) in [7, 11) is 1.88. The van der Waals surface area contributed by atoms with Crippen molar-refractivity contribution < 1.29 is 9.53 Å². The molecule has 0 radical (unpaired) electrons. The molecule has 1 atom stereocenters. The maximum atomic E-state index is 11.9. The number of piperidine rings is 1. The lowest BCUT2D eigenvalue weighted by molar-refractivity contribution is -0.131. The van der Waals surface area contributed by atoms with Crippen LogP contribution < -0.4 is 10.1 Å². The molecule has 1 amide bonds. The van der Waals surface area contributed by atoms with Gasteiger partial charge in [-0.05, 0) is 43.4 Å². The Hall–Kier alpha value is -3.47. The fourth-order valence-electron chi connectivity index (χ4n) is 3.91. The number of carbonyl (C=O) groups is 1. The first kappa shape index (κ1) is 20.4. The Bertz CT molecular complexity index is 1280. The van der Waals surface area contributed by atoms with Crippen LogP contribution in [0.25, 0.3) is 16.7 Å². The van der Waals surface area contributed by atoms with Gasteiger partial charge in [0.25, 0.3) is 0 Å². The van der Waals surface area contributed by atoms with Crippen molar-refractivity contribution in [2.75, 3.05) is 18.4 Å². The normalized spacial score (nSPS) is 16.5. The second-order valence-electron chi connectivity index (χ2n) is 7.95. The van der Waals surface area contributed by atoms with E-state index < -0.39 is 0 Å². The molecule has 5 heterocycles. The van der Waals surface area contributed by atoms with Crippen LogP contribution in [0.3, 0.4) is 0 Å². The lowest BCUT2D eigenvalue weighted by atomic mass is 10.1. The van der Waals surface area contributed by atoms with E-state index in [1.807, 2.05) is 48.0 Å². The predicted molar refractivity (Wildman–Crippen MR) is 122 cm³/mol. The van der Waals surface area contributed by atoms with E-state index in [9.17, 15) is 4.79 Å². The molecular weight excluding hydrogens is 428 g/mol. The summed E-state index contributed by atoms with van der Waals surface area (Å²) in [5.41, 5.74) is 3.35. The monoisotopic (exact) mass is 452 g/mol. The van der Waals surface area contributed by atoms with Crippen molar-refractivity contribution in [2.24, 2.45) is 7.05 Å². The van der Waals surface area contributed by atoms with Crippen molar-refractivity contribution in [3.63, 3.8) is 0 Å². The molecule has 0 aromatic carbocycles. The molecule has 32 heavy (non-hydrogen) atoms. The molecule has 4 aromatic rings. The molecule has 0 spiro atoms. The third kappa shape index (κ3) is 4.03. The highest BCUT2D eigenvalue weighted by molar-refractivity contribution is 7.10. The van der Waals surface area contributed by atoms with E-state index in [4.69, 9.17) is 14.7 Å². The van der Waals surface area contributed by atoms with Crippen LogP contribution in [0, 0.1) is 6.92 Å². The summed E-state index contributed by atoms with van der Waals surface area (Å²) in [5.74, 6) is 0.982. The Kier molecular flexibility index (Phi) is 5.25. The SMILES string of the molecule is CC(=O)N1CCCC(Oc2nc(Nc3cc(C)ns3)nc3ccn(-c4cnn(C)c4)c23)C1. The molecule has 11 heteroatoms. The molecule has 4 aromatic heterocycles. The third-order valence-corrected chi connectivity index (χ3v) is 6.23. The maximum Gasteiger partial charge on any atom is 0.244 e. The van der Waals surface area contributed by atoms with Gasteiger partial charge in [0.2, 0.25) is 17.7 Å². The van der Waals surface area contributed by atoms with Gasteiger partial charge in [-0.1, -0.05) is 0 Å². The molecule has 1 aliphatic rings. The molecule has 5 rings (SSSR count). The summed E-state index contributed by atoms with van der Waals surface area (Å²) in [6.45, 7) is 4.85. The van der Waals surface area contributed by atoms with Gasteiger partial charge in [0.15, 0.2) is 0 Å². The first-order valence-corrected chi connectivity index (χ1v) is 11.2. The lowest BCUT2D eigenvalue weighted by Crippen LogP contribution is -2.43. The highest BCUT2D eigenvalue weighted by Crippen LogP contribution is 2.31. The highest BCUT2D eigenvalue weighted by Gasteiger charge is 2.25. The van der Waals surface area contributed by atoms with Gasteiger partial charge >= 0.3 is 0 Å². The topological polar surface area (TPSA) is 103 Å². The third-order valence-electron chi connectivity index (χ3n) is 5.44. The van der Waals surface area contributed by atoms with Crippen molar-refractivity contribution in [3.05, 3.63) is 36.4 Å².